The van der Waals surface area contributed by atoms with Gasteiger partial charge in [-0.25, -0.2) is 4.79 Å². The Balaban J connectivity index is 2.06. The topological polar surface area (TPSA) is 81.6 Å². The van der Waals surface area contributed by atoms with Gasteiger partial charge in [-0.3, -0.25) is 0 Å². The number of hydrogen-bond acceptors (Lipinski definition) is 3. The summed E-state index contributed by atoms with van der Waals surface area (Å²) in [5.74, 6) is 0. The maximum atomic E-state index is 11.8. The molecule has 0 aliphatic heterocycles. The van der Waals surface area contributed by atoms with Crippen LogP contribution in [-0.4, -0.2) is 35.5 Å². The molecule has 2 rings (SSSR count). The van der Waals surface area contributed by atoms with E-state index in [0.29, 0.717) is 10.7 Å². The number of aryl methyl sites for hydroxylation is 1. The lowest BCUT2D eigenvalue weighted by Crippen LogP contribution is -2.36. The van der Waals surface area contributed by atoms with E-state index in [1.165, 1.54) is 0 Å². The van der Waals surface area contributed by atoms with Crippen LogP contribution in [0.1, 0.15) is 5.56 Å². The van der Waals surface area contributed by atoms with Crippen LogP contribution in [0.25, 0.3) is 11.1 Å². The highest BCUT2D eigenvalue weighted by Crippen LogP contribution is 2.26. The molecule has 2 aromatic rings. The van der Waals surface area contributed by atoms with Crippen molar-refractivity contribution < 1.29 is 15.0 Å². The van der Waals surface area contributed by atoms with Crippen molar-refractivity contribution >= 4 is 23.3 Å². The molecular weight excluding hydrogens is 316 g/mol. The van der Waals surface area contributed by atoms with Crippen molar-refractivity contribution in [2.24, 2.45) is 0 Å². The summed E-state index contributed by atoms with van der Waals surface area (Å²) in [6, 6.07) is 12.8. The molecular formula is C17H19ClN2O3. The van der Waals surface area contributed by atoms with Crippen molar-refractivity contribution in [1.29, 1.82) is 0 Å². The van der Waals surface area contributed by atoms with Crippen molar-refractivity contribution in [3.63, 3.8) is 0 Å². The predicted molar refractivity (Wildman–Crippen MR) is 91.7 cm³/mol. The van der Waals surface area contributed by atoms with E-state index >= 15 is 0 Å². The van der Waals surface area contributed by atoms with Gasteiger partial charge in [0, 0.05) is 17.3 Å². The van der Waals surface area contributed by atoms with Crippen LogP contribution < -0.4 is 10.6 Å². The first-order valence-electron chi connectivity index (χ1n) is 7.20. The lowest BCUT2D eigenvalue weighted by atomic mass is 10.0. The number of rotatable bonds is 5. The second-order valence-electron chi connectivity index (χ2n) is 5.21. The maximum absolute atomic E-state index is 11.8. The maximum Gasteiger partial charge on any atom is 0.319 e. The highest BCUT2D eigenvalue weighted by Gasteiger charge is 2.08. The molecule has 122 valence electrons. The van der Waals surface area contributed by atoms with E-state index < -0.39 is 18.7 Å². The highest BCUT2D eigenvalue weighted by molar-refractivity contribution is 6.30. The van der Waals surface area contributed by atoms with Crippen molar-refractivity contribution in [3.05, 3.63) is 53.1 Å². The van der Waals surface area contributed by atoms with Gasteiger partial charge in [0.1, 0.15) is 0 Å². The molecule has 6 heteroatoms. The Morgan fingerprint density at radius 2 is 1.96 bits per heavy atom. The number of anilines is 1. The van der Waals surface area contributed by atoms with E-state index in [-0.39, 0.29) is 6.54 Å². The molecule has 0 aromatic heterocycles. The van der Waals surface area contributed by atoms with E-state index in [1.807, 2.05) is 49.4 Å². The minimum Gasteiger partial charge on any atom is -0.394 e. The molecule has 23 heavy (non-hydrogen) atoms. The van der Waals surface area contributed by atoms with Gasteiger partial charge in [0.25, 0.3) is 0 Å². The number of nitrogens with one attached hydrogen (secondary N) is 2. The van der Waals surface area contributed by atoms with Gasteiger partial charge in [-0.2, -0.15) is 0 Å². The lowest BCUT2D eigenvalue weighted by Gasteiger charge is -2.13. The summed E-state index contributed by atoms with van der Waals surface area (Å²) >= 11 is 6.00. The van der Waals surface area contributed by atoms with Crippen LogP contribution in [-0.2, 0) is 0 Å². The number of benzene rings is 2. The molecule has 5 nitrogen and oxygen atoms in total. The van der Waals surface area contributed by atoms with Gasteiger partial charge in [-0.05, 0) is 47.9 Å². The Kier molecular flexibility index (Phi) is 5.98. The number of carbonyl (C=O) groups excluding carboxylic acids is 1. The van der Waals surface area contributed by atoms with Crippen molar-refractivity contribution in [2.45, 2.75) is 13.0 Å². The minimum absolute atomic E-state index is 0.0119. The molecule has 0 unspecified atom stereocenters. The summed E-state index contributed by atoms with van der Waals surface area (Å²) < 4.78 is 0. The molecule has 0 aliphatic rings. The van der Waals surface area contributed by atoms with E-state index in [4.69, 9.17) is 16.7 Å². The van der Waals surface area contributed by atoms with Crippen LogP contribution in [0.4, 0.5) is 10.5 Å². The second-order valence-corrected chi connectivity index (χ2v) is 5.65. The molecule has 0 saturated heterocycles. The Morgan fingerprint density at radius 1 is 1.22 bits per heavy atom. The summed E-state index contributed by atoms with van der Waals surface area (Å²) in [6.07, 6.45) is -0.966. The normalized spacial score (nSPS) is 11.8. The Hall–Kier alpha value is -2.08. The van der Waals surface area contributed by atoms with E-state index in [9.17, 15) is 9.90 Å². The molecule has 0 saturated carbocycles. The van der Waals surface area contributed by atoms with Gasteiger partial charge in [0.2, 0.25) is 0 Å². The van der Waals surface area contributed by atoms with E-state index in [2.05, 4.69) is 10.6 Å². The van der Waals surface area contributed by atoms with Gasteiger partial charge in [0.05, 0.1) is 12.7 Å². The summed E-state index contributed by atoms with van der Waals surface area (Å²) in [6.45, 7) is 1.49. The fourth-order valence-corrected chi connectivity index (χ4v) is 2.28. The van der Waals surface area contributed by atoms with E-state index in [1.54, 1.807) is 0 Å². The summed E-state index contributed by atoms with van der Waals surface area (Å²) in [5, 5.41) is 23.8. The van der Waals surface area contributed by atoms with Crippen molar-refractivity contribution in [1.82, 2.24) is 5.32 Å². The first-order chi connectivity index (χ1) is 11.0. The molecule has 4 N–H and O–H groups in total. The van der Waals surface area contributed by atoms with Crippen molar-refractivity contribution in [2.75, 3.05) is 18.5 Å². The standard InChI is InChI=1S/C17H19ClN2O3/c1-11-7-13(12-3-2-4-14(18)8-12)5-6-16(11)20-17(23)19-9-15(22)10-21/h2-8,15,21-22H,9-10H2,1H3,(H2,19,20,23)/t15-/m0/s1. The third-order valence-electron chi connectivity index (χ3n) is 3.34. The first kappa shape index (κ1) is 17.3. The average Bonchev–Trinajstić information content (AvgIpc) is 2.54. The van der Waals surface area contributed by atoms with Gasteiger partial charge < -0.3 is 20.8 Å². The number of aliphatic hydroxyl groups excluding tert-OH is 2. The first-order valence-corrected chi connectivity index (χ1v) is 7.57. The number of carbonyl (C=O) groups is 1. The van der Waals surface area contributed by atoms with Crippen LogP contribution in [0.3, 0.4) is 0 Å². The monoisotopic (exact) mass is 334 g/mol. The number of urea groups is 1. The van der Waals surface area contributed by atoms with Crippen LogP contribution >= 0.6 is 11.6 Å². The third kappa shape index (κ3) is 4.96. The lowest BCUT2D eigenvalue weighted by molar-refractivity contribution is 0.0965. The largest absolute Gasteiger partial charge is 0.394 e. The van der Waals surface area contributed by atoms with E-state index in [0.717, 1.165) is 16.7 Å². The number of hydrogen-bond donors (Lipinski definition) is 4. The molecule has 0 fully saturated rings. The Morgan fingerprint density at radius 3 is 2.61 bits per heavy atom. The van der Waals surface area contributed by atoms with Crippen LogP contribution in [0.2, 0.25) is 5.02 Å². The fourth-order valence-electron chi connectivity index (χ4n) is 2.09. The third-order valence-corrected chi connectivity index (χ3v) is 3.58. The van der Waals surface area contributed by atoms with Crippen LogP contribution in [0.15, 0.2) is 42.5 Å². The molecule has 0 heterocycles. The zero-order valence-electron chi connectivity index (χ0n) is 12.7. The molecule has 2 amide bonds. The number of halogens is 1. The Bertz CT molecular complexity index is 691. The molecule has 1 atom stereocenters. The molecule has 0 bridgehead atoms. The zero-order valence-corrected chi connectivity index (χ0v) is 13.5. The van der Waals surface area contributed by atoms with Gasteiger partial charge in [0.15, 0.2) is 0 Å². The summed E-state index contributed by atoms with van der Waals surface area (Å²) in [7, 11) is 0. The van der Waals surface area contributed by atoms with Gasteiger partial charge >= 0.3 is 6.03 Å². The van der Waals surface area contributed by atoms with Gasteiger partial charge in [-0.1, -0.05) is 29.8 Å². The predicted octanol–water partition coefficient (Wildman–Crippen LogP) is 2.79. The van der Waals surface area contributed by atoms with Crippen LogP contribution in [0, 0.1) is 6.92 Å². The quantitative estimate of drug-likeness (QED) is 0.678. The van der Waals surface area contributed by atoms with Gasteiger partial charge in [-0.15, -0.1) is 0 Å². The second kappa shape index (κ2) is 7.97. The molecule has 0 spiro atoms. The number of aliphatic hydroxyl groups is 2. The minimum atomic E-state index is -0.966. The van der Waals surface area contributed by atoms with Crippen molar-refractivity contribution in [3.8, 4) is 11.1 Å². The molecule has 0 aliphatic carbocycles. The zero-order chi connectivity index (χ0) is 16.8. The highest BCUT2D eigenvalue weighted by atomic mass is 35.5. The fraction of sp³-hybridized carbons (Fsp3) is 0.235. The number of amides is 2. The molecule has 2 aromatic carbocycles. The molecule has 0 radical (unpaired) electrons. The average molecular weight is 335 g/mol. The Labute approximate surface area is 139 Å². The summed E-state index contributed by atoms with van der Waals surface area (Å²) in [4.78, 5) is 11.8. The summed E-state index contributed by atoms with van der Waals surface area (Å²) in [5.41, 5.74) is 3.58. The SMILES string of the molecule is Cc1cc(-c2cccc(Cl)c2)ccc1NC(=O)NC[C@H](O)CO. The van der Waals surface area contributed by atoms with Crippen LogP contribution in [0.5, 0.6) is 0 Å². The smallest absolute Gasteiger partial charge is 0.319 e.